The van der Waals surface area contributed by atoms with Gasteiger partial charge in [-0.25, -0.2) is 0 Å². The van der Waals surface area contributed by atoms with E-state index in [0.717, 1.165) is 30.2 Å². The van der Waals surface area contributed by atoms with Gasteiger partial charge in [-0.2, -0.15) is 0 Å². The zero-order valence-corrected chi connectivity index (χ0v) is 12.2. The van der Waals surface area contributed by atoms with E-state index >= 15 is 0 Å². The van der Waals surface area contributed by atoms with Crippen molar-refractivity contribution in [1.82, 2.24) is 9.88 Å². The number of hydrogen-bond donors (Lipinski definition) is 2. The number of carbonyl (C=O) groups excluding carboxylic acids is 1. The van der Waals surface area contributed by atoms with Gasteiger partial charge in [0.1, 0.15) is 5.69 Å². The highest BCUT2D eigenvalue weighted by molar-refractivity contribution is 9.10. The molecule has 0 saturated heterocycles. The van der Waals surface area contributed by atoms with E-state index in [1.807, 2.05) is 13.2 Å². The Bertz CT molecular complexity index is 436. The smallest absolute Gasteiger partial charge is 0.268 e. The van der Waals surface area contributed by atoms with Gasteiger partial charge in [0, 0.05) is 24.3 Å². The van der Waals surface area contributed by atoms with E-state index < -0.39 is 5.60 Å². The Balaban J connectivity index is 1.94. The molecule has 1 amide bonds. The summed E-state index contributed by atoms with van der Waals surface area (Å²) in [6.07, 6.45) is 6.67. The summed E-state index contributed by atoms with van der Waals surface area (Å²) >= 11 is 3.34. The SMILES string of the molecule is Cn1cc(Br)cc1C(=O)NCC1(O)CCCCC1. The van der Waals surface area contributed by atoms with E-state index in [0.29, 0.717) is 12.2 Å². The number of aromatic nitrogens is 1. The van der Waals surface area contributed by atoms with Gasteiger partial charge in [0.2, 0.25) is 0 Å². The molecule has 0 aliphatic heterocycles. The van der Waals surface area contributed by atoms with E-state index in [9.17, 15) is 9.90 Å². The van der Waals surface area contributed by atoms with Crippen molar-refractivity contribution in [2.45, 2.75) is 37.7 Å². The molecular weight excluding hydrogens is 296 g/mol. The van der Waals surface area contributed by atoms with E-state index in [1.165, 1.54) is 6.42 Å². The van der Waals surface area contributed by atoms with Gasteiger partial charge in [-0.1, -0.05) is 19.3 Å². The van der Waals surface area contributed by atoms with Gasteiger partial charge in [0.25, 0.3) is 5.91 Å². The third-order valence-electron chi connectivity index (χ3n) is 3.57. The highest BCUT2D eigenvalue weighted by Gasteiger charge is 2.29. The molecule has 2 rings (SSSR count). The first-order chi connectivity index (χ1) is 8.50. The Morgan fingerprint density at radius 1 is 1.50 bits per heavy atom. The minimum absolute atomic E-state index is 0.137. The number of hydrogen-bond acceptors (Lipinski definition) is 2. The number of aliphatic hydroxyl groups is 1. The highest BCUT2D eigenvalue weighted by Crippen LogP contribution is 2.27. The molecule has 1 aromatic heterocycles. The molecule has 0 unspecified atom stereocenters. The largest absolute Gasteiger partial charge is 0.388 e. The fraction of sp³-hybridized carbons (Fsp3) is 0.615. The summed E-state index contributed by atoms with van der Waals surface area (Å²) in [5.74, 6) is -0.137. The minimum Gasteiger partial charge on any atom is -0.388 e. The number of nitrogens with zero attached hydrogens (tertiary/aromatic N) is 1. The van der Waals surface area contributed by atoms with Crippen molar-refractivity contribution in [2.75, 3.05) is 6.54 Å². The zero-order chi connectivity index (χ0) is 13.2. The lowest BCUT2D eigenvalue weighted by Gasteiger charge is -2.32. The molecule has 0 spiro atoms. The summed E-state index contributed by atoms with van der Waals surface area (Å²) in [6.45, 7) is 0.342. The summed E-state index contributed by atoms with van der Waals surface area (Å²) in [5, 5.41) is 13.1. The summed E-state index contributed by atoms with van der Waals surface area (Å²) in [5.41, 5.74) is -0.114. The monoisotopic (exact) mass is 314 g/mol. The maximum Gasteiger partial charge on any atom is 0.268 e. The number of amides is 1. The van der Waals surface area contributed by atoms with Crippen LogP contribution in [0.5, 0.6) is 0 Å². The van der Waals surface area contributed by atoms with Crippen molar-refractivity contribution in [1.29, 1.82) is 0 Å². The van der Waals surface area contributed by atoms with Crippen LogP contribution in [0.15, 0.2) is 16.7 Å². The normalized spacial score (nSPS) is 18.6. The van der Waals surface area contributed by atoms with Gasteiger partial charge < -0.3 is 15.0 Å². The molecule has 100 valence electrons. The van der Waals surface area contributed by atoms with E-state index in [4.69, 9.17) is 0 Å². The van der Waals surface area contributed by atoms with Crippen molar-refractivity contribution in [3.8, 4) is 0 Å². The van der Waals surface area contributed by atoms with Crippen LogP contribution in [0.1, 0.15) is 42.6 Å². The molecule has 0 atom stereocenters. The average Bonchev–Trinajstić information content (AvgIpc) is 2.67. The van der Waals surface area contributed by atoms with Crippen molar-refractivity contribution in [3.63, 3.8) is 0 Å². The van der Waals surface area contributed by atoms with E-state index in [-0.39, 0.29) is 5.91 Å². The molecule has 1 saturated carbocycles. The second-order valence-electron chi connectivity index (χ2n) is 5.12. The maximum atomic E-state index is 12.0. The quantitative estimate of drug-likeness (QED) is 0.898. The van der Waals surface area contributed by atoms with Gasteiger partial charge in [-0.05, 0) is 34.8 Å². The second kappa shape index (κ2) is 5.45. The predicted molar refractivity (Wildman–Crippen MR) is 73.5 cm³/mol. The molecule has 1 heterocycles. The van der Waals surface area contributed by atoms with Crippen LogP contribution in [-0.4, -0.2) is 27.7 Å². The van der Waals surface area contributed by atoms with Crippen LogP contribution < -0.4 is 5.32 Å². The molecule has 1 aromatic rings. The van der Waals surface area contributed by atoms with Gasteiger partial charge >= 0.3 is 0 Å². The molecule has 18 heavy (non-hydrogen) atoms. The van der Waals surface area contributed by atoms with Gasteiger partial charge in [-0.3, -0.25) is 4.79 Å². The Morgan fingerprint density at radius 2 is 2.17 bits per heavy atom. The lowest BCUT2D eigenvalue weighted by atomic mass is 9.85. The second-order valence-corrected chi connectivity index (χ2v) is 6.04. The van der Waals surface area contributed by atoms with E-state index in [1.54, 1.807) is 10.6 Å². The Morgan fingerprint density at radius 3 is 2.72 bits per heavy atom. The fourth-order valence-electron chi connectivity index (χ4n) is 2.47. The summed E-state index contributed by atoms with van der Waals surface area (Å²) in [4.78, 5) is 12.0. The molecule has 0 bridgehead atoms. The Labute approximate surface area is 116 Å². The topological polar surface area (TPSA) is 54.3 Å². The lowest BCUT2D eigenvalue weighted by molar-refractivity contribution is 0.00518. The van der Waals surface area contributed by atoms with Crippen LogP contribution in [0, 0.1) is 0 Å². The van der Waals surface area contributed by atoms with Crippen molar-refractivity contribution in [3.05, 3.63) is 22.4 Å². The first-order valence-electron chi connectivity index (χ1n) is 6.33. The van der Waals surface area contributed by atoms with Crippen molar-refractivity contribution in [2.24, 2.45) is 7.05 Å². The Hall–Kier alpha value is -0.810. The minimum atomic E-state index is -0.712. The molecule has 1 aliphatic carbocycles. The summed E-state index contributed by atoms with van der Waals surface area (Å²) < 4.78 is 2.65. The average molecular weight is 315 g/mol. The lowest BCUT2D eigenvalue weighted by Crippen LogP contribution is -2.44. The molecule has 1 fully saturated rings. The predicted octanol–water partition coefficient (Wildman–Crippen LogP) is 2.21. The molecule has 0 aromatic carbocycles. The van der Waals surface area contributed by atoms with Crippen molar-refractivity contribution >= 4 is 21.8 Å². The molecule has 2 N–H and O–H groups in total. The molecule has 5 heteroatoms. The van der Waals surface area contributed by atoms with Crippen LogP contribution >= 0.6 is 15.9 Å². The first-order valence-corrected chi connectivity index (χ1v) is 7.12. The first kappa shape index (κ1) is 13.6. The van der Waals surface area contributed by atoms with E-state index in [2.05, 4.69) is 21.2 Å². The van der Waals surface area contributed by atoms with Gasteiger partial charge in [0.15, 0.2) is 0 Å². The highest BCUT2D eigenvalue weighted by atomic mass is 79.9. The Kier molecular flexibility index (Phi) is 4.12. The van der Waals surface area contributed by atoms with Crippen LogP contribution in [-0.2, 0) is 7.05 Å². The van der Waals surface area contributed by atoms with Crippen LogP contribution in [0.3, 0.4) is 0 Å². The molecular formula is C13H19BrN2O2. The number of carbonyl (C=O) groups is 1. The summed E-state index contributed by atoms with van der Waals surface area (Å²) in [7, 11) is 1.83. The number of halogens is 1. The zero-order valence-electron chi connectivity index (χ0n) is 10.6. The number of rotatable bonds is 3. The standard InChI is InChI=1S/C13H19BrN2O2/c1-16-8-10(14)7-11(16)12(17)15-9-13(18)5-3-2-4-6-13/h7-8,18H,2-6,9H2,1H3,(H,15,17). The van der Waals surface area contributed by atoms with Crippen molar-refractivity contribution < 1.29 is 9.90 Å². The summed E-state index contributed by atoms with van der Waals surface area (Å²) in [6, 6.07) is 1.78. The number of aryl methyl sites for hydroxylation is 1. The molecule has 1 aliphatic rings. The van der Waals surface area contributed by atoms with Gasteiger partial charge in [0.05, 0.1) is 5.60 Å². The molecule has 4 nitrogen and oxygen atoms in total. The van der Waals surface area contributed by atoms with Crippen LogP contribution in [0.4, 0.5) is 0 Å². The molecule has 0 radical (unpaired) electrons. The third kappa shape index (κ3) is 3.14. The van der Waals surface area contributed by atoms with Crippen LogP contribution in [0.25, 0.3) is 0 Å². The number of nitrogens with one attached hydrogen (secondary N) is 1. The van der Waals surface area contributed by atoms with Gasteiger partial charge in [-0.15, -0.1) is 0 Å². The fourth-order valence-corrected chi connectivity index (χ4v) is 3.00. The maximum absolute atomic E-state index is 12.0. The third-order valence-corrected chi connectivity index (χ3v) is 4.00. The van der Waals surface area contributed by atoms with Crippen LogP contribution in [0.2, 0.25) is 0 Å².